The number of aliphatic imine (C=N–C) groups is 1. The van der Waals surface area contributed by atoms with Gasteiger partial charge in [0.25, 0.3) is 0 Å². The third kappa shape index (κ3) is 4.40. The summed E-state index contributed by atoms with van der Waals surface area (Å²) in [5.41, 5.74) is 0. The van der Waals surface area contributed by atoms with Crippen LogP contribution in [-0.4, -0.2) is 31.0 Å². The Morgan fingerprint density at radius 1 is 1.47 bits per heavy atom. The zero-order valence-corrected chi connectivity index (χ0v) is 14.5. The molecule has 2 rings (SSSR count). The fourth-order valence-electron chi connectivity index (χ4n) is 1.87. The second-order valence-corrected chi connectivity index (χ2v) is 6.35. The summed E-state index contributed by atoms with van der Waals surface area (Å²) in [4.78, 5) is 7.96. The van der Waals surface area contributed by atoms with E-state index >= 15 is 0 Å². The number of nitrogens with zero attached hydrogens (tertiary/aromatic N) is 2. The van der Waals surface area contributed by atoms with Crippen molar-refractivity contribution in [2.24, 2.45) is 4.99 Å². The average molecular weight is 430 g/mol. The van der Waals surface area contributed by atoms with Gasteiger partial charge in [-0.2, -0.15) is 0 Å². The van der Waals surface area contributed by atoms with Gasteiger partial charge < -0.3 is 10.2 Å². The second-order valence-electron chi connectivity index (χ2n) is 3.80. The van der Waals surface area contributed by atoms with Crippen LogP contribution in [0.1, 0.15) is 17.7 Å². The van der Waals surface area contributed by atoms with Gasteiger partial charge in [0.2, 0.25) is 0 Å². The number of rotatable bonds is 2. The minimum atomic E-state index is 0. The topological polar surface area (TPSA) is 27.6 Å². The Kier molecular flexibility index (Phi) is 6.79. The quantitative estimate of drug-likeness (QED) is 0.443. The van der Waals surface area contributed by atoms with E-state index in [0.29, 0.717) is 0 Å². The van der Waals surface area contributed by atoms with Crippen LogP contribution >= 0.6 is 51.2 Å². The number of nitrogens with one attached hydrogen (secondary N) is 1. The van der Waals surface area contributed by atoms with E-state index in [1.807, 2.05) is 7.05 Å². The largest absolute Gasteiger partial charge is 0.351 e. The summed E-state index contributed by atoms with van der Waals surface area (Å²) < 4.78 is 1.18. The zero-order chi connectivity index (χ0) is 11.4. The van der Waals surface area contributed by atoms with Crippen LogP contribution in [0.3, 0.4) is 0 Å². The zero-order valence-electron chi connectivity index (χ0n) is 9.78. The molecule has 1 fully saturated rings. The third-order valence-electron chi connectivity index (χ3n) is 2.67. The molecule has 0 spiro atoms. The van der Waals surface area contributed by atoms with Gasteiger partial charge in [0, 0.05) is 25.0 Å². The van der Waals surface area contributed by atoms with Gasteiger partial charge >= 0.3 is 0 Å². The molecule has 17 heavy (non-hydrogen) atoms. The predicted octanol–water partition coefficient (Wildman–Crippen LogP) is 3.30. The van der Waals surface area contributed by atoms with Gasteiger partial charge in [0.05, 0.1) is 10.3 Å². The van der Waals surface area contributed by atoms with Crippen LogP contribution in [0.15, 0.2) is 20.9 Å². The van der Waals surface area contributed by atoms with Gasteiger partial charge in [-0.1, -0.05) is 0 Å². The first-order valence-electron chi connectivity index (χ1n) is 5.49. The summed E-state index contributed by atoms with van der Waals surface area (Å²) in [6.45, 7) is 3.13. The maximum Gasteiger partial charge on any atom is 0.193 e. The lowest BCUT2D eigenvalue weighted by Crippen LogP contribution is -2.38. The maximum absolute atomic E-state index is 4.32. The molecule has 0 radical (unpaired) electrons. The van der Waals surface area contributed by atoms with Crippen molar-refractivity contribution in [2.75, 3.05) is 20.1 Å². The van der Waals surface area contributed by atoms with E-state index in [0.717, 1.165) is 25.6 Å². The molecular formula is C11H17BrIN3S. The molecule has 1 N–H and O–H groups in total. The first kappa shape index (κ1) is 15.2. The molecule has 96 valence electrons. The van der Waals surface area contributed by atoms with Crippen LogP contribution < -0.4 is 5.32 Å². The highest BCUT2D eigenvalue weighted by molar-refractivity contribution is 14.0. The van der Waals surface area contributed by atoms with Crippen LogP contribution in [0.2, 0.25) is 0 Å². The van der Waals surface area contributed by atoms with Gasteiger partial charge in [0.1, 0.15) is 0 Å². The Balaban J connectivity index is 0.00000144. The van der Waals surface area contributed by atoms with Crippen molar-refractivity contribution in [3.63, 3.8) is 0 Å². The molecule has 1 aliphatic rings. The van der Waals surface area contributed by atoms with E-state index in [1.165, 1.54) is 21.5 Å². The molecule has 0 amide bonds. The van der Waals surface area contributed by atoms with Crippen LogP contribution in [0.5, 0.6) is 0 Å². The molecule has 2 heterocycles. The smallest absolute Gasteiger partial charge is 0.193 e. The number of guanidine groups is 1. The SMILES string of the molecule is CN=C(NCc1ccc(Br)s1)N1CCCC1.I. The van der Waals surface area contributed by atoms with Crippen molar-refractivity contribution < 1.29 is 0 Å². The average Bonchev–Trinajstić information content (AvgIpc) is 2.91. The van der Waals surface area contributed by atoms with E-state index in [2.05, 4.69) is 43.3 Å². The summed E-state index contributed by atoms with van der Waals surface area (Å²) in [6, 6.07) is 4.22. The van der Waals surface area contributed by atoms with Crippen LogP contribution in [-0.2, 0) is 6.54 Å². The molecule has 0 unspecified atom stereocenters. The van der Waals surface area contributed by atoms with E-state index in [4.69, 9.17) is 0 Å². The van der Waals surface area contributed by atoms with Gasteiger partial charge in [-0.15, -0.1) is 35.3 Å². The molecule has 0 saturated carbocycles. The lowest BCUT2D eigenvalue weighted by molar-refractivity contribution is 0.494. The van der Waals surface area contributed by atoms with E-state index < -0.39 is 0 Å². The second kappa shape index (κ2) is 7.58. The van der Waals surface area contributed by atoms with Crippen LogP contribution in [0.25, 0.3) is 0 Å². The predicted molar refractivity (Wildman–Crippen MR) is 88.4 cm³/mol. The molecule has 0 aliphatic carbocycles. The number of hydrogen-bond acceptors (Lipinski definition) is 2. The van der Waals surface area contributed by atoms with Gasteiger partial charge in [-0.25, -0.2) is 0 Å². The molecule has 1 saturated heterocycles. The summed E-state index contributed by atoms with van der Waals surface area (Å²) in [6.07, 6.45) is 2.57. The highest BCUT2D eigenvalue weighted by atomic mass is 127. The molecule has 0 bridgehead atoms. The van der Waals surface area contributed by atoms with Crippen molar-refractivity contribution >= 4 is 57.2 Å². The molecule has 0 aromatic carbocycles. The lowest BCUT2D eigenvalue weighted by atomic mass is 10.4. The Bertz CT molecular complexity index is 375. The summed E-state index contributed by atoms with van der Waals surface area (Å²) >= 11 is 5.24. The summed E-state index contributed by atoms with van der Waals surface area (Å²) in [7, 11) is 1.85. The number of thiophene rings is 1. The minimum absolute atomic E-state index is 0. The van der Waals surface area contributed by atoms with Crippen molar-refractivity contribution in [3.8, 4) is 0 Å². The molecule has 0 atom stereocenters. The maximum atomic E-state index is 4.32. The van der Waals surface area contributed by atoms with Crippen LogP contribution in [0, 0.1) is 0 Å². The van der Waals surface area contributed by atoms with Crippen LogP contribution in [0.4, 0.5) is 0 Å². The first-order valence-corrected chi connectivity index (χ1v) is 7.10. The summed E-state index contributed by atoms with van der Waals surface area (Å²) in [5.74, 6) is 1.03. The van der Waals surface area contributed by atoms with Gasteiger partial charge in [-0.05, 0) is 40.9 Å². The van der Waals surface area contributed by atoms with Crippen molar-refractivity contribution in [1.29, 1.82) is 0 Å². The number of halogens is 2. The van der Waals surface area contributed by atoms with E-state index in [1.54, 1.807) is 11.3 Å². The lowest BCUT2D eigenvalue weighted by Gasteiger charge is -2.20. The Morgan fingerprint density at radius 2 is 2.18 bits per heavy atom. The Morgan fingerprint density at radius 3 is 2.71 bits per heavy atom. The third-order valence-corrected chi connectivity index (χ3v) is 4.29. The molecule has 3 nitrogen and oxygen atoms in total. The fraction of sp³-hybridized carbons (Fsp3) is 0.545. The molecule has 1 aromatic heterocycles. The number of hydrogen-bond donors (Lipinski definition) is 1. The van der Waals surface area contributed by atoms with E-state index in [-0.39, 0.29) is 24.0 Å². The van der Waals surface area contributed by atoms with E-state index in [9.17, 15) is 0 Å². The monoisotopic (exact) mass is 429 g/mol. The molecule has 6 heteroatoms. The van der Waals surface area contributed by atoms with Crippen molar-refractivity contribution in [1.82, 2.24) is 10.2 Å². The Labute approximate surface area is 132 Å². The Hall–Kier alpha value is 0.180. The molecule has 1 aromatic rings. The normalized spacial score (nSPS) is 15.9. The number of likely N-dealkylation sites (tertiary alicyclic amines) is 1. The van der Waals surface area contributed by atoms with Crippen molar-refractivity contribution in [3.05, 3.63) is 20.8 Å². The standard InChI is InChI=1S/C11H16BrN3S.HI/c1-13-11(15-6-2-3-7-15)14-8-9-4-5-10(12)16-9;/h4-5H,2-3,6-8H2,1H3,(H,13,14);1H. The van der Waals surface area contributed by atoms with Crippen molar-refractivity contribution in [2.45, 2.75) is 19.4 Å². The minimum Gasteiger partial charge on any atom is -0.351 e. The highest BCUT2D eigenvalue weighted by Gasteiger charge is 2.15. The van der Waals surface area contributed by atoms with Gasteiger partial charge in [0.15, 0.2) is 5.96 Å². The summed E-state index contributed by atoms with van der Waals surface area (Å²) in [5, 5.41) is 3.41. The highest BCUT2D eigenvalue weighted by Crippen LogP contribution is 2.21. The first-order chi connectivity index (χ1) is 7.79. The molecular weight excluding hydrogens is 413 g/mol. The molecule has 1 aliphatic heterocycles. The van der Waals surface area contributed by atoms with Gasteiger partial charge in [-0.3, -0.25) is 4.99 Å². The fourth-order valence-corrected chi connectivity index (χ4v) is 3.30.